The van der Waals surface area contributed by atoms with Crippen LogP contribution in [0, 0.1) is 0 Å². The molecule has 1 saturated heterocycles. The maximum absolute atomic E-state index is 13.4. The number of amides is 1. The molecule has 0 aliphatic carbocycles. The molecule has 0 spiro atoms. The third-order valence-electron chi connectivity index (χ3n) is 5.92. The number of rotatable bonds is 4. The van der Waals surface area contributed by atoms with Gasteiger partial charge in [0.05, 0.1) is 23.3 Å². The molecule has 0 radical (unpaired) electrons. The zero-order valence-electron chi connectivity index (χ0n) is 17.9. The maximum Gasteiger partial charge on any atom is 0.254 e. The molecule has 0 bridgehead atoms. The van der Waals surface area contributed by atoms with Crippen LogP contribution in [0.15, 0.2) is 34.5 Å². The average Bonchev–Trinajstić information content (AvgIpc) is 3.21. The number of thiophene rings is 1. The molecule has 2 aliphatic heterocycles. The Labute approximate surface area is 192 Å². The van der Waals surface area contributed by atoms with Crippen molar-refractivity contribution in [1.29, 1.82) is 0 Å². The highest BCUT2D eigenvalue weighted by atomic mass is 35.5. The van der Waals surface area contributed by atoms with Gasteiger partial charge in [-0.1, -0.05) is 18.5 Å². The molecule has 9 heteroatoms. The van der Waals surface area contributed by atoms with Gasteiger partial charge in [0.2, 0.25) is 10.0 Å². The molecule has 0 N–H and O–H groups in total. The summed E-state index contributed by atoms with van der Waals surface area (Å²) < 4.78 is 33.8. The van der Waals surface area contributed by atoms with Crippen LogP contribution < -0.4 is 0 Å². The molecule has 168 valence electrons. The first-order valence-corrected chi connectivity index (χ1v) is 13.2. The molecule has 2 aromatic rings. The lowest BCUT2D eigenvalue weighted by Gasteiger charge is -2.36. The largest absolute Gasteiger partial charge is 0.373 e. The fraction of sp³-hybridized carbons (Fsp3) is 0.500. The summed E-state index contributed by atoms with van der Waals surface area (Å²) in [5, 5.41) is 2.19. The van der Waals surface area contributed by atoms with E-state index in [0.717, 1.165) is 12.8 Å². The van der Waals surface area contributed by atoms with Crippen LogP contribution in [0.5, 0.6) is 0 Å². The second kappa shape index (κ2) is 8.83. The van der Waals surface area contributed by atoms with E-state index in [1.807, 2.05) is 18.7 Å². The van der Waals surface area contributed by atoms with Crippen LogP contribution in [0.2, 0.25) is 5.02 Å². The first-order valence-electron chi connectivity index (χ1n) is 10.5. The highest BCUT2D eigenvalue weighted by molar-refractivity contribution is 7.89. The summed E-state index contributed by atoms with van der Waals surface area (Å²) in [6.45, 7) is 6.89. The summed E-state index contributed by atoms with van der Waals surface area (Å²) in [5.41, 5.74) is 1.54. The molecule has 3 atom stereocenters. The van der Waals surface area contributed by atoms with Crippen LogP contribution >= 0.6 is 22.9 Å². The normalized spacial score (nSPS) is 24.8. The minimum absolute atomic E-state index is 0.000761. The van der Waals surface area contributed by atoms with E-state index in [1.54, 1.807) is 17.4 Å². The first-order chi connectivity index (χ1) is 14.7. The Bertz CT molecular complexity index is 1070. The van der Waals surface area contributed by atoms with Gasteiger partial charge in [-0.2, -0.15) is 4.31 Å². The monoisotopic (exact) mass is 482 g/mol. The Morgan fingerprint density at radius 2 is 1.94 bits per heavy atom. The topological polar surface area (TPSA) is 66.9 Å². The van der Waals surface area contributed by atoms with Gasteiger partial charge in [0.15, 0.2) is 0 Å². The molecule has 1 amide bonds. The highest BCUT2D eigenvalue weighted by Crippen LogP contribution is 2.36. The van der Waals surface area contributed by atoms with Crippen LogP contribution in [0.1, 0.15) is 54.0 Å². The van der Waals surface area contributed by atoms with Gasteiger partial charge in [-0.15, -0.1) is 11.3 Å². The summed E-state index contributed by atoms with van der Waals surface area (Å²) in [5.74, 6) is -0.166. The van der Waals surface area contributed by atoms with Crippen LogP contribution in [0.4, 0.5) is 0 Å². The lowest BCUT2D eigenvalue weighted by atomic mass is 9.97. The molecule has 3 heterocycles. The van der Waals surface area contributed by atoms with E-state index in [0.29, 0.717) is 12.1 Å². The van der Waals surface area contributed by atoms with E-state index in [4.69, 9.17) is 16.3 Å². The summed E-state index contributed by atoms with van der Waals surface area (Å²) in [4.78, 5) is 16.6. The molecular formula is C22H27ClN2O4S2. The smallest absolute Gasteiger partial charge is 0.254 e. The van der Waals surface area contributed by atoms with Gasteiger partial charge in [0, 0.05) is 30.1 Å². The predicted molar refractivity (Wildman–Crippen MR) is 122 cm³/mol. The van der Waals surface area contributed by atoms with Crippen LogP contribution in [-0.2, 0) is 21.2 Å². The fourth-order valence-corrected chi connectivity index (χ4v) is 7.56. The summed E-state index contributed by atoms with van der Waals surface area (Å²) >= 11 is 8.04. The summed E-state index contributed by atoms with van der Waals surface area (Å²) in [7, 11) is -3.85. The predicted octanol–water partition coefficient (Wildman–Crippen LogP) is 4.35. The van der Waals surface area contributed by atoms with E-state index in [2.05, 4.69) is 18.4 Å². The third-order valence-corrected chi connectivity index (χ3v) is 9.23. The number of hydrogen-bond donors (Lipinski definition) is 0. The van der Waals surface area contributed by atoms with Gasteiger partial charge < -0.3 is 9.64 Å². The number of carbonyl (C=O) groups excluding carboxylic acids is 1. The second-order valence-corrected chi connectivity index (χ2v) is 11.5. The quantitative estimate of drug-likeness (QED) is 0.649. The lowest BCUT2D eigenvalue weighted by Crippen LogP contribution is -2.48. The van der Waals surface area contributed by atoms with E-state index in [9.17, 15) is 13.2 Å². The molecule has 0 saturated carbocycles. The number of morpholine rings is 1. The van der Waals surface area contributed by atoms with Gasteiger partial charge in [0.25, 0.3) is 5.91 Å². The number of carbonyl (C=O) groups is 1. The minimum Gasteiger partial charge on any atom is -0.373 e. The lowest BCUT2D eigenvalue weighted by molar-refractivity contribution is -0.0440. The fourth-order valence-electron chi connectivity index (χ4n) is 4.55. The number of fused-ring (bicyclic) bond motifs is 1. The number of benzene rings is 1. The minimum atomic E-state index is -3.85. The molecule has 1 aromatic carbocycles. The Morgan fingerprint density at radius 3 is 2.61 bits per heavy atom. The van der Waals surface area contributed by atoms with Crippen molar-refractivity contribution in [3.05, 3.63) is 50.7 Å². The number of nitrogens with zero attached hydrogens (tertiary/aromatic N) is 2. The molecule has 2 aliphatic rings. The number of sulfonamides is 1. The van der Waals surface area contributed by atoms with Crippen molar-refractivity contribution in [2.24, 2.45) is 0 Å². The van der Waals surface area contributed by atoms with Gasteiger partial charge in [-0.25, -0.2) is 8.42 Å². The Balaban J connectivity index is 1.66. The number of hydrogen-bond acceptors (Lipinski definition) is 5. The van der Waals surface area contributed by atoms with Crippen LogP contribution in [-0.4, -0.2) is 55.4 Å². The second-order valence-electron chi connectivity index (χ2n) is 8.20. The Morgan fingerprint density at radius 1 is 1.23 bits per heavy atom. The van der Waals surface area contributed by atoms with Crippen molar-refractivity contribution in [1.82, 2.24) is 9.21 Å². The summed E-state index contributed by atoms with van der Waals surface area (Å²) in [6.07, 6.45) is 1.20. The molecule has 4 rings (SSSR count). The van der Waals surface area contributed by atoms with Crippen LogP contribution in [0.3, 0.4) is 0 Å². The van der Waals surface area contributed by atoms with E-state index >= 15 is 0 Å². The molecule has 6 nitrogen and oxygen atoms in total. The van der Waals surface area contributed by atoms with Gasteiger partial charge >= 0.3 is 0 Å². The van der Waals surface area contributed by atoms with Crippen molar-refractivity contribution >= 4 is 38.9 Å². The Hall–Kier alpha value is -1.45. The van der Waals surface area contributed by atoms with Crippen molar-refractivity contribution in [3.8, 4) is 0 Å². The molecule has 1 aromatic heterocycles. The zero-order chi connectivity index (χ0) is 22.3. The maximum atomic E-state index is 13.4. The van der Waals surface area contributed by atoms with Crippen molar-refractivity contribution < 1.29 is 17.9 Å². The SMILES string of the molecule is CC[C@@H]1c2ccsc2CCN1C(=O)c1ccc(Cl)c(S(=O)(=O)N2C[C@H](C)O[C@@H](C)C2)c1. The van der Waals surface area contributed by atoms with Crippen LogP contribution in [0.25, 0.3) is 0 Å². The molecule has 0 unspecified atom stereocenters. The van der Waals surface area contributed by atoms with E-state index in [1.165, 1.54) is 26.9 Å². The number of halogens is 1. The first kappa shape index (κ1) is 22.7. The molecular weight excluding hydrogens is 456 g/mol. The highest BCUT2D eigenvalue weighted by Gasteiger charge is 2.35. The van der Waals surface area contributed by atoms with Crippen molar-refractivity contribution in [2.45, 2.75) is 56.8 Å². The van der Waals surface area contributed by atoms with Gasteiger partial charge in [0.1, 0.15) is 4.90 Å². The van der Waals surface area contributed by atoms with E-state index < -0.39 is 10.0 Å². The average molecular weight is 483 g/mol. The van der Waals surface area contributed by atoms with Gasteiger partial charge in [-0.05, 0) is 61.9 Å². The zero-order valence-corrected chi connectivity index (χ0v) is 20.3. The van der Waals surface area contributed by atoms with E-state index in [-0.39, 0.29) is 47.2 Å². The molecule has 1 fully saturated rings. The van der Waals surface area contributed by atoms with Crippen molar-refractivity contribution in [3.63, 3.8) is 0 Å². The Kier molecular flexibility index (Phi) is 6.47. The summed E-state index contributed by atoms with van der Waals surface area (Å²) in [6, 6.07) is 6.64. The van der Waals surface area contributed by atoms with Crippen molar-refractivity contribution in [2.75, 3.05) is 19.6 Å². The standard InChI is InChI=1S/C22H27ClN2O4S2/c1-4-19-17-8-10-30-20(17)7-9-25(19)22(26)16-5-6-18(23)21(11-16)31(27,28)24-12-14(2)29-15(3)13-24/h5-6,8,10-11,14-15,19H,4,7,9,12-13H2,1-3H3/t14-,15-,19+/m0/s1. The van der Waals surface area contributed by atoms with Gasteiger partial charge in [-0.3, -0.25) is 4.79 Å². The number of ether oxygens (including phenoxy) is 1. The molecule has 31 heavy (non-hydrogen) atoms. The third kappa shape index (κ3) is 4.28.